The number of amides is 1. The summed E-state index contributed by atoms with van der Waals surface area (Å²) in [5, 5.41) is 0. The number of carbonyl (C=O) groups excluding carboxylic acids is 1. The van der Waals surface area contributed by atoms with Crippen LogP contribution in [0.1, 0.15) is 34.5 Å². The van der Waals surface area contributed by atoms with Crippen LogP contribution in [0.25, 0.3) is 5.69 Å². The Morgan fingerprint density at radius 2 is 1.59 bits per heavy atom. The molecule has 166 valence electrons. The molecule has 1 fully saturated rings. The van der Waals surface area contributed by atoms with E-state index in [1.165, 1.54) is 9.87 Å². The van der Waals surface area contributed by atoms with Crippen molar-refractivity contribution in [2.75, 3.05) is 26.2 Å². The van der Waals surface area contributed by atoms with Gasteiger partial charge in [-0.15, -0.1) is 0 Å². The van der Waals surface area contributed by atoms with Crippen molar-refractivity contribution in [3.8, 4) is 5.69 Å². The molecule has 3 aromatic rings. The summed E-state index contributed by atoms with van der Waals surface area (Å²) in [6.07, 6.45) is 7.42. The van der Waals surface area contributed by atoms with Crippen molar-refractivity contribution in [2.45, 2.75) is 30.6 Å². The van der Waals surface area contributed by atoms with Crippen LogP contribution in [0.2, 0.25) is 0 Å². The predicted octanol–water partition coefficient (Wildman–Crippen LogP) is 2.90. The SMILES string of the molecule is O=C(c1cncn1-c1ccccc1)N1CCN(S(=O)(=O)c2ccc3c(c2)CCCC3)CC1. The normalized spacial score (nSPS) is 17.2. The minimum Gasteiger partial charge on any atom is -0.335 e. The molecule has 2 aliphatic rings. The molecule has 0 radical (unpaired) electrons. The van der Waals surface area contributed by atoms with Gasteiger partial charge in [-0.1, -0.05) is 24.3 Å². The van der Waals surface area contributed by atoms with Crippen LogP contribution in [0.4, 0.5) is 0 Å². The molecule has 0 saturated carbocycles. The second kappa shape index (κ2) is 8.52. The number of hydrogen-bond donors (Lipinski definition) is 0. The van der Waals surface area contributed by atoms with Crippen molar-refractivity contribution in [2.24, 2.45) is 0 Å². The fraction of sp³-hybridized carbons (Fsp3) is 0.333. The average Bonchev–Trinajstić information content (AvgIpc) is 3.34. The van der Waals surface area contributed by atoms with E-state index >= 15 is 0 Å². The van der Waals surface area contributed by atoms with Crippen molar-refractivity contribution in [1.29, 1.82) is 0 Å². The molecule has 7 nitrogen and oxygen atoms in total. The smallest absolute Gasteiger partial charge is 0.272 e. The number of rotatable bonds is 4. The number of benzene rings is 2. The summed E-state index contributed by atoms with van der Waals surface area (Å²) in [5.74, 6) is -0.141. The fourth-order valence-electron chi connectivity index (χ4n) is 4.56. The van der Waals surface area contributed by atoms with E-state index in [9.17, 15) is 13.2 Å². The van der Waals surface area contributed by atoms with Crippen molar-refractivity contribution in [3.63, 3.8) is 0 Å². The number of aryl methyl sites for hydroxylation is 2. The maximum atomic E-state index is 13.2. The number of fused-ring (bicyclic) bond motifs is 1. The summed E-state index contributed by atoms with van der Waals surface area (Å²) in [5.41, 5.74) is 3.75. The van der Waals surface area contributed by atoms with Crippen molar-refractivity contribution in [3.05, 3.63) is 77.9 Å². The van der Waals surface area contributed by atoms with Crippen molar-refractivity contribution in [1.82, 2.24) is 18.8 Å². The number of sulfonamides is 1. The van der Waals surface area contributed by atoms with Gasteiger partial charge in [0.05, 0.1) is 17.4 Å². The Bertz CT molecular complexity index is 1230. The lowest BCUT2D eigenvalue weighted by molar-refractivity contribution is 0.0690. The quantitative estimate of drug-likeness (QED) is 0.613. The van der Waals surface area contributed by atoms with Crippen LogP contribution in [0.3, 0.4) is 0 Å². The molecule has 1 aliphatic carbocycles. The molecule has 1 aromatic heterocycles. The first-order valence-electron chi connectivity index (χ1n) is 11.0. The maximum Gasteiger partial charge on any atom is 0.272 e. The van der Waals surface area contributed by atoms with Gasteiger partial charge in [0.25, 0.3) is 5.91 Å². The van der Waals surface area contributed by atoms with Crippen molar-refractivity contribution < 1.29 is 13.2 Å². The van der Waals surface area contributed by atoms with Gasteiger partial charge in [0.1, 0.15) is 5.69 Å². The van der Waals surface area contributed by atoms with E-state index in [0.717, 1.165) is 36.9 Å². The standard InChI is InChI=1S/C24H26N4O3S/c29-24(23-17-25-18-28(23)21-8-2-1-3-9-21)26-12-14-27(15-13-26)32(30,31)22-11-10-19-6-4-5-7-20(19)16-22/h1-3,8-11,16-18H,4-7,12-15H2. The van der Waals surface area contributed by atoms with Crippen LogP contribution in [-0.2, 0) is 22.9 Å². The van der Waals surface area contributed by atoms with Crippen LogP contribution in [0.5, 0.6) is 0 Å². The van der Waals surface area contributed by atoms with Crippen LogP contribution < -0.4 is 0 Å². The topological polar surface area (TPSA) is 75.5 Å². The maximum absolute atomic E-state index is 13.2. The number of hydrogen-bond acceptors (Lipinski definition) is 4. The molecule has 0 unspecified atom stereocenters. The number of nitrogens with zero attached hydrogens (tertiary/aromatic N) is 4. The molecule has 1 aliphatic heterocycles. The molecule has 0 spiro atoms. The van der Waals surface area contributed by atoms with Crippen LogP contribution >= 0.6 is 0 Å². The second-order valence-electron chi connectivity index (χ2n) is 8.32. The molecule has 0 bridgehead atoms. The van der Waals surface area contributed by atoms with Crippen LogP contribution in [0, 0.1) is 0 Å². The monoisotopic (exact) mass is 450 g/mol. The fourth-order valence-corrected chi connectivity index (χ4v) is 6.03. The van der Waals surface area contributed by atoms with E-state index in [1.807, 2.05) is 42.5 Å². The number of para-hydroxylation sites is 1. The number of piperazine rings is 1. The first kappa shape index (κ1) is 20.9. The molecule has 8 heteroatoms. The third-order valence-electron chi connectivity index (χ3n) is 6.38. The summed E-state index contributed by atoms with van der Waals surface area (Å²) >= 11 is 0. The van der Waals surface area contributed by atoms with E-state index in [0.29, 0.717) is 23.7 Å². The van der Waals surface area contributed by atoms with Gasteiger partial charge in [-0.05, 0) is 61.1 Å². The zero-order valence-corrected chi connectivity index (χ0v) is 18.7. The van der Waals surface area contributed by atoms with Crippen molar-refractivity contribution >= 4 is 15.9 Å². The Hall–Kier alpha value is -2.97. The van der Waals surface area contributed by atoms with E-state index in [-0.39, 0.29) is 19.0 Å². The van der Waals surface area contributed by atoms with Crippen LogP contribution in [0.15, 0.2) is 66.0 Å². The molecule has 2 aromatic carbocycles. The molecule has 0 N–H and O–H groups in total. The average molecular weight is 451 g/mol. The minimum atomic E-state index is -3.57. The molecule has 1 saturated heterocycles. The highest BCUT2D eigenvalue weighted by molar-refractivity contribution is 7.89. The summed E-state index contributed by atoms with van der Waals surface area (Å²) in [6, 6.07) is 15.1. The second-order valence-corrected chi connectivity index (χ2v) is 10.3. The zero-order valence-electron chi connectivity index (χ0n) is 17.9. The number of imidazole rings is 1. The Morgan fingerprint density at radius 1 is 0.875 bits per heavy atom. The van der Waals surface area contributed by atoms with Gasteiger partial charge in [-0.25, -0.2) is 13.4 Å². The molecule has 2 heterocycles. The molecular formula is C24H26N4O3S. The molecular weight excluding hydrogens is 424 g/mol. The highest BCUT2D eigenvalue weighted by Crippen LogP contribution is 2.26. The van der Waals surface area contributed by atoms with E-state index < -0.39 is 10.0 Å². The van der Waals surface area contributed by atoms with E-state index in [2.05, 4.69) is 4.98 Å². The van der Waals surface area contributed by atoms with Gasteiger partial charge >= 0.3 is 0 Å². The first-order valence-corrected chi connectivity index (χ1v) is 12.5. The molecule has 0 atom stereocenters. The van der Waals surface area contributed by atoms with Gasteiger partial charge < -0.3 is 4.90 Å². The Kier molecular flexibility index (Phi) is 5.57. The molecule has 1 amide bonds. The van der Waals surface area contributed by atoms with E-state index in [4.69, 9.17) is 0 Å². The predicted molar refractivity (Wildman–Crippen MR) is 121 cm³/mol. The zero-order chi connectivity index (χ0) is 22.1. The highest BCUT2D eigenvalue weighted by atomic mass is 32.2. The summed E-state index contributed by atoms with van der Waals surface area (Å²) in [6.45, 7) is 1.27. The van der Waals surface area contributed by atoms with Gasteiger partial charge in [0, 0.05) is 31.9 Å². The van der Waals surface area contributed by atoms with Gasteiger partial charge in [-0.3, -0.25) is 9.36 Å². The molecule has 32 heavy (non-hydrogen) atoms. The number of aromatic nitrogens is 2. The van der Waals surface area contributed by atoms with Gasteiger partial charge in [0.2, 0.25) is 10.0 Å². The van der Waals surface area contributed by atoms with Gasteiger partial charge in [-0.2, -0.15) is 4.31 Å². The summed E-state index contributed by atoms with van der Waals surface area (Å²) < 4.78 is 29.7. The summed E-state index contributed by atoms with van der Waals surface area (Å²) in [4.78, 5) is 19.4. The first-order chi connectivity index (χ1) is 15.5. The molecule has 5 rings (SSSR count). The Morgan fingerprint density at radius 3 is 2.34 bits per heavy atom. The van der Waals surface area contributed by atoms with Gasteiger partial charge in [0.15, 0.2) is 0 Å². The lowest BCUT2D eigenvalue weighted by atomic mass is 9.92. The highest BCUT2D eigenvalue weighted by Gasteiger charge is 2.32. The lowest BCUT2D eigenvalue weighted by Gasteiger charge is -2.34. The lowest BCUT2D eigenvalue weighted by Crippen LogP contribution is -2.50. The van der Waals surface area contributed by atoms with Crippen LogP contribution in [-0.4, -0.2) is 59.3 Å². The Labute approximate surface area is 188 Å². The minimum absolute atomic E-state index is 0.141. The summed E-state index contributed by atoms with van der Waals surface area (Å²) in [7, 11) is -3.57. The van der Waals surface area contributed by atoms with E-state index in [1.54, 1.807) is 28.1 Å². The number of carbonyl (C=O) groups is 1. The Balaban J connectivity index is 1.29. The third kappa shape index (κ3) is 3.84. The largest absolute Gasteiger partial charge is 0.335 e. The third-order valence-corrected chi connectivity index (χ3v) is 8.27.